The van der Waals surface area contributed by atoms with Crippen LogP contribution in [-0.4, -0.2) is 41.5 Å². The molecular formula is C14H20ClN3O. The van der Waals surface area contributed by atoms with E-state index in [0.717, 1.165) is 38.4 Å². The number of H-pyrrole nitrogens is 1. The number of carbonyl (C=O) groups excluding carboxylic acids is 1. The Bertz CT molecular complexity index is 445. The highest BCUT2D eigenvalue weighted by atomic mass is 35.5. The second kappa shape index (κ2) is 5.55. The van der Waals surface area contributed by atoms with Crippen molar-refractivity contribution < 1.29 is 4.79 Å². The van der Waals surface area contributed by atoms with Gasteiger partial charge in [0, 0.05) is 25.3 Å². The normalized spacial score (nSPS) is 24.9. The summed E-state index contributed by atoms with van der Waals surface area (Å²) in [5, 5.41) is 4.17. The molecule has 1 amide bonds. The van der Waals surface area contributed by atoms with Crippen molar-refractivity contribution in [3.8, 4) is 0 Å². The Morgan fingerprint density at radius 3 is 2.68 bits per heavy atom. The van der Waals surface area contributed by atoms with Crippen LogP contribution in [0.4, 0.5) is 0 Å². The number of hydrogen-bond donors (Lipinski definition) is 2. The standard InChI is InChI=1S/C14H20ClN3O/c15-11-8-13(17-9-11)14(19)18-6-3-10(4-7-18)12-2-1-5-16-12/h8-10,12,16-17H,1-7H2. The van der Waals surface area contributed by atoms with Crippen molar-refractivity contribution in [2.45, 2.75) is 31.7 Å². The van der Waals surface area contributed by atoms with Gasteiger partial charge in [-0.05, 0) is 44.2 Å². The van der Waals surface area contributed by atoms with Gasteiger partial charge in [0.1, 0.15) is 5.69 Å². The summed E-state index contributed by atoms with van der Waals surface area (Å²) in [6.07, 6.45) is 6.47. The number of likely N-dealkylation sites (tertiary alicyclic amines) is 1. The molecule has 2 aliphatic rings. The van der Waals surface area contributed by atoms with Gasteiger partial charge < -0.3 is 15.2 Å². The minimum atomic E-state index is 0.0738. The summed E-state index contributed by atoms with van der Waals surface area (Å²) in [5.41, 5.74) is 0.599. The number of aromatic amines is 1. The lowest BCUT2D eigenvalue weighted by molar-refractivity contribution is 0.0669. The Balaban J connectivity index is 1.56. The highest BCUT2D eigenvalue weighted by Crippen LogP contribution is 2.26. The zero-order valence-electron chi connectivity index (χ0n) is 11.0. The van der Waals surface area contributed by atoms with E-state index in [4.69, 9.17) is 11.6 Å². The molecule has 1 aromatic heterocycles. The van der Waals surface area contributed by atoms with Gasteiger partial charge in [0.25, 0.3) is 5.91 Å². The largest absolute Gasteiger partial charge is 0.356 e. The third-order valence-corrected chi connectivity index (χ3v) is 4.59. The van der Waals surface area contributed by atoms with Crippen LogP contribution in [0.3, 0.4) is 0 Å². The van der Waals surface area contributed by atoms with E-state index in [1.807, 2.05) is 4.90 Å². The molecule has 2 N–H and O–H groups in total. The predicted octanol–water partition coefficient (Wildman–Crippen LogP) is 2.27. The molecule has 4 nitrogen and oxygen atoms in total. The van der Waals surface area contributed by atoms with Crippen LogP contribution < -0.4 is 5.32 Å². The van der Waals surface area contributed by atoms with E-state index in [-0.39, 0.29) is 5.91 Å². The molecule has 1 atom stereocenters. The summed E-state index contributed by atoms with van der Waals surface area (Å²) in [6, 6.07) is 2.38. The quantitative estimate of drug-likeness (QED) is 0.874. The molecule has 104 valence electrons. The zero-order chi connectivity index (χ0) is 13.2. The first kappa shape index (κ1) is 13.0. The molecule has 0 spiro atoms. The Labute approximate surface area is 118 Å². The summed E-state index contributed by atoms with van der Waals surface area (Å²) in [4.78, 5) is 17.1. The van der Waals surface area contributed by atoms with Crippen molar-refractivity contribution in [2.75, 3.05) is 19.6 Å². The first-order valence-corrected chi connectivity index (χ1v) is 7.48. The molecule has 3 rings (SSSR count). The monoisotopic (exact) mass is 281 g/mol. The number of aromatic nitrogens is 1. The van der Waals surface area contributed by atoms with Crippen molar-refractivity contribution in [1.82, 2.24) is 15.2 Å². The van der Waals surface area contributed by atoms with E-state index < -0.39 is 0 Å². The van der Waals surface area contributed by atoms with Crippen LogP contribution in [0.5, 0.6) is 0 Å². The van der Waals surface area contributed by atoms with Crippen LogP contribution in [0.25, 0.3) is 0 Å². The molecule has 5 heteroatoms. The van der Waals surface area contributed by atoms with Crippen LogP contribution >= 0.6 is 11.6 Å². The molecule has 3 heterocycles. The maximum absolute atomic E-state index is 12.3. The topological polar surface area (TPSA) is 48.1 Å². The number of piperidine rings is 1. The number of nitrogens with zero attached hydrogens (tertiary/aromatic N) is 1. The van der Waals surface area contributed by atoms with Gasteiger partial charge in [0.15, 0.2) is 0 Å². The third kappa shape index (κ3) is 2.79. The smallest absolute Gasteiger partial charge is 0.270 e. The predicted molar refractivity (Wildman–Crippen MR) is 75.5 cm³/mol. The lowest BCUT2D eigenvalue weighted by atomic mass is 9.88. The Morgan fingerprint density at radius 2 is 2.11 bits per heavy atom. The fourth-order valence-corrected chi connectivity index (χ4v) is 3.44. The molecule has 0 radical (unpaired) electrons. The summed E-state index contributed by atoms with van der Waals surface area (Å²) in [6.45, 7) is 2.88. The van der Waals surface area contributed by atoms with Gasteiger partial charge >= 0.3 is 0 Å². The molecule has 2 fully saturated rings. The second-order valence-electron chi connectivity index (χ2n) is 5.56. The van der Waals surface area contributed by atoms with Crippen LogP contribution in [0, 0.1) is 5.92 Å². The molecule has 0 aliphatic carbocycles. The summed E-state index contributed by atoms with van der Waals surface area (Å²) in [7, 11) is 0. The van der Waals surface area contributed by atoms with E-state index in [1.165, 1.54) is 12.8 Å². The zero-order valence-corrected chi connectivity index (χ0v) is 11.7. The number of carbonyl (C=O) groups is 1. The Kier molecular flexibility index (Phi) is 3.80. The molecule has 1 aromatic rings. The molecule has 19 heavy (non-hydrogen) atoms. The summed E-state index contributed by atoms with van der Waals surface area (Å²) in [5.74, 6) is 0.809. The molecule has 0 aromatic carbocycles. The minimum absolute atomic E-state index is 0.0738. The average molecular weight is 282 g/mol. The van der Waals surface area contributed by atoms with E-state index in [9.17, 15) is 4.79 Å². The fraction of sp³-hybridized carbons (Fsp3) is 0.643. The van der Waals surface area contributed by atoms with Gasteiger partial charge in [-0.15, -0.1) is 0 Å². The first-order valence-electron chi connectivity index (χ1n) is 7.10. The highest BCUT2D eigenvalue weighted by molar-refractivity contribution is 6.30. The van der Waals surface area contributed by atoms with Gasteiger partial charge in [-0.1, -0.05) is 11.6 Å². The Hall–Kier alpha value is -1.00. The lowest BCUT2D eigenvalue weighted by Crippen LogP contribution is -2.43. The van der Waals surface area contributed by atoms with Crippen LogP contribution in [0.15, 0.2) is 12.3 Å². The fourth-order valence-electron chi connectivity index (χ4n) is 3.28. The number of nitrogens with one attached hydrogen (secondary N) is 2. The van der Waals surface area contributed by atoms with Gasteiger partial charge in [0.2, 0.25) is 0 Å². The van der Waals surface area contributed by atoms with E-state index in [0.29, 0.717) is 16.8 Å². The van der Waals surface area contributed by atoms with Crippen LogP contribution in [0.2, 0.25) is 5.02 Å². The minimum Gasteiger partial charge on any atom is -0.356 e. The van der Waals surface area contributed by atoms with Gasteiger partial charge in [-0.3, -0.25) is 4.79 Å². The molecule has 2 saturated heterocycles. The maximum atomic E-state index is 12.3. The molecule has 0 bridgehead atoms. The van der Waals surface area contributed by atoms with E-state index >= 15 is 0 Å². The molecule has 0 saturated carbocycles. The molecule has 2 aliphatic heterocycles. The molecular weight excluding hydrogens is 262 g/mol. The maximum Gasteiger partial charge on any atom is 0.270 e. The lowest BCUT2D eigenvalue weighted by Gasteiger charge is -2.34. The van der Waals surface area contributed by atoms with Gasteiger partial charge in [-0.2, -0.15) is 0 Å². The number of amides is 1. The van der Waals surface area contributed by atoms with Crippen molar-refractivity contribution in [3.05, 3.63) is 23.0 Å². The molecule has 1 unspecified atom stereocenters. The first-order chi connectivity index (χ1) is 9.24. The van der Waals surface area contributed by atoms with Gasteiger partial charge in [-0.25, -0.2) is 0 Å². The van der Waals surface area contributed by atoms with Gasteiger partial charge in [0.05, 0.1) is 5.02 Å². The summed E-state index contributed by atoms with van der Waals surface area (Å²) < 4.78 is 0. The van der Waals surface area contributed by atoms with Crippen molar-refractivity contribution in [2.24, 2.45) is 5.92 Å². The number of rotatable bonds is 2. The average Bonchev–Trinajstić information content (AvgIpc) is 3.09. The third-order valence-electron chi connectivity index (χ3n) is 4.37. The van der Waals surface area contributed by atoms with E-state index in [1.54, 1.807) is 12.3 Å². The van der Waals surface area contributed by atoms with Crippen LogP contribution in [0.1, 0.15) is 36.2 Å². The summed E-state index contributed by atoms with van der Waals surface area (Å²) >= 11 is 5.84. The van der Waals surface area contributed by atoms with Crippen LogP contribution in [-0.2, 0) is 0 Å². The SMILES string of the molecule is O=C(c1cc(Cl)c[nH]1)N1CCC(C2CCCN2)CC1. The number of hydrogen-bond acceptors (Lipinski definition) is 2. The van der Waals surface area contributed by atoms with Crippen molar-refractivity contribution in [1.29, 1.82) is 0 Å². The van der Waals surface area contributed by atoms with E-state index in [2.05, 4.69) is 10.3 Å². The Morgan fingerprint density at radius 1 is 1.32 bits per heavy atom. The number of halogens is 1. The van der Waals surface area contributed by atoms with Crippen molar-refractivity contribution in [3.63, 3.8) is 0 Å². The highest BCUT2D eigenvalue weighted by Gasteiger charge is 2.30. The van der Waals surface area contributed by atoms with Crippen molar-refractivity contribution >= 4 is 17.5 Å². The second-order valence-corrected chi connectivity index (χ2v) is 6.00.